The molecule has 0 aliphatic carbocycles. The van der Waals surface area contributed by atoms with Crippen molar-refractivity contribution in [1.82, 2.24) is 10.2 Å². The van der Waals surface area contributed by atoms with E-state index in [-0.39, 0.29) is 17.1 Å². The molecule has 1 aliphatic rings. The molecule has 19 heavy (non-hydrogen) atoms. The Labute approximate surface area is 119 Å². The Morgan fingerprint density at radius 3 is 2.84 bits per heavy atom. The fourth-order valence-corrected chi connectivity index (χ4v) is 1.91. The van der Waals surface area contributed by atoms with Crippen molar-refractivity contribution in [3.05, 3.63) is 40.1 Å². The third-order valence-electron chi connectivity index (χ3n) is 2.52. The van der Waals surface area contributed by atoms with Crippen LogP contribution in [0.2, 0.25) is 10.3 Å². The number of hydrogen-bond donors (Lipinski definition) is 0. The zero-order valence-corrected chi connectivity index (χ0v) is 11.1. The first-order valence-corrected chi connectivity index (χ1v) is 6.18. The number of hydrogen-bond acceptors (Lipinski definition) is 5. The second-order valence-corrected chi connectivity index (χ2v) is 4.54. The molecule has 0 amide bonds. The minimum atomic E-state index is 0.171. The zero-order chi connectivity index (χ0) is 13.2. The summed E-state index contributed by atoms with van der Waals surface area (Å²) in [6, 6.07) is 7.09. The van der Waals surface area contributed by atoms with Gasteiger partial charge in [-0.05, 0) is 17.7 Å². The first-order chi connectivity index (χ1) is 9.22. The fourth-order valence-electron chi connectivity index (χ4n) is 1.63. The van der Waals surface area contributed by atoms with Crippen LogP contribution in [0.15, 0.2) is 24.3 Å². The molecule has 0 fully saturated rings. The number of benzene rings is 1. The smallest absolute Gasteiger partial charge is 0.231 e. The van der Waals surface area contributed by atoms with Crippen LogP contribution in [0.4, 0.5) is 0 Å². The highest BCUT2D eigenvalue weighted by atomic mass is 35.5. The fraction of sp³-hybridized carbons (Fsp3) is 0.167. The number of ether oxygens (including phenoxy) is 3. The largest absolute Gasteiger partial charge is 0.485 e. The molecular formula is C12H8Cl2N2O3. The number of rotatable bonds is 3. The Morgan fingerprint density at radius 1 is 1.11 bits per heavy atom. The van der Waals surface area contributed by atoms with Gasteiger partial charge in [0.15, 0.2) is 27.6 Å². The summed E-state index contributed by atoms with van der Waals surface area (Å²) in [7, 11) is 0. The van der Waals surface area contributed by atoms with E-state index in [2.05, 4.69) is 10.2 Å². The molecule has 0 unspecified atom stereocenters. The molecule has 0 spiro atoms. The molecule has 1 aliphatic heterocycles. The highest BCUT2D eigenvalue weighted by Crippen LogP contribution is 2.33. The van der Waals surface area contributed by atoms with Gasteiger partial charge in [0.05, 0.1) is 0 Å². The number of aromatic nitrogens is 2. The molecule has 98 valence electrons. The lowest BCUT2D eigenvalue weighted by molar-refractivity contribution is 0.174. The molecule has 0 saturated carbocycles. The lowest BCUT2D eigenvalue weighted by Crippen LogP contribution is -1.98. The second-order valence-electron chi connectivity index (χ2n) is 3.80. The van der Waals surface area contributed by atoms with E-state index in [0.717, 1.165) is 11.3 Å². The molecule has 0 radical (unpaired) electrons. The standard InChI is InChI=1S/C12H8Cl2N2O3/c13-11-4-10(12(14)16-15-11)17-5-7-1-2-8-9(3-7)19-6-18-8/h1-4H,5-6H2. The Morgan fingerprint density at radius 2 is 1.95 bits per heavy atom. The van der Waals surface area contributed by atoms with Crippen molar-refractivity contribution in [3.8, 4) is 17.2 Å². The van der Waals surface area contributed by atoms with Gasteiger partial charge in [-0.2, -0.15) is 0 Å². The summed E-state index contributed by atoms with van der Waals surface area (Å²) in [6.07, 6.45) is 0. The predicted octanol–water partition coefficient (Wildman–Crippen LogP) is 3.09. The minimum absolute atomic E-state index is 0.171. The molecule has 0 atom stereocenters. The minimum Gasteiger partial charge on any atom is -0.485 e. The quantitative estimate of drug-likeness (QED) is 0.871. The lowest BCUT2D eigenvalue weighted by Gasteiger charge is -2.07. The molecule has 5 nitrogen and oxygen atoms in total. The van der Waals surface area contributed by atoms with Crippen molar-refractivity contribution in [3.63, 3.8) is 0 Å². The van der Waals surface area contributed by atoms with E-state index in [4.69, 9.17) is 37.4 Å². The van der Waals surface area contributed by atoms with Crippen LogP contribution in [0, 0.1) is 0 Å². The average molecular weight is 299 g/mol. The summed E-state index contributed by atoms with van der Waals surface area (Å²) in [4.78, 5) is 0. The van der Waals surface area contributed by atoms with Crippen LogP contribution in [0.1, 0.15) is 5.56 Å². The topological polar surface area (TPSA) is 53.5 Å². The van der Waals surface area contributed by atoms with Gasteiger partial charge in [-0.25, -0.2) is 0 Å². The van der Waals surface area contributed by atoms with Crippen LogP contribution in [-0.4, -0.2) is 17.0 Å². The van der Waals surface area contributed by atoms with E-state index in [1.807, 2.05) is 18.2 Å². The van der Waals surface area contributed by atoms with Gasteiger partial charge in [0.25, 0.3) is 0 Å². The molecule has 1 aromatic carbocycles. The Balaban J connectivity index is 1.74. The van der Waals surface area contributed by atoms with E-state index in [1.54, 1.807) is 0 Å². The predicted molar refractivity (Wildman–Crippen MR) is 68.9 cm³/mol. The molecule has 0 saturated heterocycles. The van der Waals surface area contributed by atoms with Gasteiger partial charge in [0.1, 0.15) is 6.61 Å². The summed E-state index contributed by atoms with van der Waals surface area (Å²) in [5.41, 5.74) is 0.924. The first-order valence-electron chi connectivity index (χ1n) is 5.42. The van der Waals surface area contributed by atoms with Gasteiger partial charge in [-0.15, -0.1) is 10.2 Å². The van der Waals surface area contributed by atoms with Crippen molar-refractivity contribution in [1.29, 1.82) is 0 Å². The Kier molecular flexibility index (Phi) is 3.31. The zero-order valence-electron chi connectivity index (χ0n) is 9.60. The van der Waals surface area contributed by atoms with Gasteiger partial charge in [-0.3, -0.25) is 0 Å². The van der Waals surface area contributed by atoms with Crippen molar-refractivity contribution < 1.29 is 14.2 Å². The number of nitrogens with zero attached hydrogens (tertiary/aromatic N) is 2. The molecule has 1 aromatic heterocycles. The Bertz CT molecular complexity index is 622. The molecule has 2 heterocycles. The molecule has 7 heteroatoms. The van der Waals surface area contributed by atoms with Crippen LogP contribution < -0.4 is 14.2 Å². The number of halogens is 2. The first kappa shape index (κ1) is 12.3. The summed E-state index contributed by atoms with van der Waals surface area (Å²) in [5, 5.41) is 7.67. The van der Waals surface area contributed by atoms with Gasteiger partial charge in [0, 0.05) is 6.07 Å². The summed E-state index contributed by atoms with van der Waals surface area (Å²) >= 11 is 11.6. The highest BCUT2D eigenvalue weighted by Gasteiger charge is 2.13. The van der Waals surface area contributed by atoms with E-state index < -0.39 is 0 Å². The van der Waals surface area contributed by atoms with Gasteiger partial charge in [-0.1, -0.05) is 29.3 Å². The lowest BCUT2D eigenvalue weighted by atomic mass is 10.2. The molecular weight excluding hydrogens is 291 g/mol. The molecule has 3 rings (SSSR count). The van der Waals surface area contributed by atoms with Crippen LogP contribution in [-0.2, 0) is 6.61 Å². The van der Waals surface area contributed by atoms with E-state index in [0.29, 0.717) is 18.1 Å². The SMILES string of the molecule is Clc1cc(OCc2ccc3c(c2)OCO3)c(Cl)nn1. The maximum absolute atomic E-state index is 5.85. The van der Waals surface area contributed by atoms with Crippen LogP contribution >= 0.6 is 23.2 Å². The maximum Gasteiger partial charge on any atom is 0.231 e. The van der Waals surface area contributed by atoms with Crippen LogP contribution in [0.3, 0.4) is 0 Å². The second kappa shape index (κ2) is 5.11. The third-order valence-corrected chi connectivity index (χ3v) is 2.96. The van der Waals surface area contributed by atoms with E-state index in [1.165, 1.54) is 6.07 Å². The van der Waals surface area contributed by atoms with Crippen molar-refractivity contribution >= 4 is 23.2 Å². The molecule has 0 bridgehead atoms. The van der Waals surface area contributed by atoms with Gasteiger partial charge >= 0.3 is 0 Å². The van der Waals surface area contributed by atoms with Gasteiger partial charge in [0.2, 0.25) is 6.79 Å². The van der Waals surface area contributed by atoms with Crippen molar-refractivity contribution in [2.45, 2.75) is 6.61 Å². The third kappa shape index (κ3) is 2.67. The molecule has 0 N–H and O–H groups in total. The van der Waals surface area contributed by atoms with Crippen LogP contribution in [0.25, 0.3) is 0 Å². The average Bonchev–Trinajstić information content (AvgIpc) is 2.87. The van der Waals surface area contributed by atoms with Crippen molar-refractivity contribution in [2.24, 2.45) is 0 Å². The normalized spacial score (nSPS) is 12.5. The van der Waals surface area contributed by atoms with E-state index in [9.17, 15) is 0 Å². The number of fused-ring (bicyclic) bond motifs is 1. The maximum atomic E-state index is 5.85. The summed E-state index contributed by atoms with van der Waals surface area (Å²) < 4.78 is 16.1. The van der Waals surface area contributed by atoms with Gasteiger partial charge < -0.3 is 14.2 Å². The highest BCUT2D eigenvalue weighted by molar-refractivity contribution is 6.32. The monoisotopic (exact) mass is 298 g/mol. The summed E-state index contributed by atoms with van der Waals surface area (Å²) in [5.74, 6) is 1.83. The van der Waals surface area contributed by atoms with Crippen LogP contribution in [0.5, 0.6) is 17.2 Å². The molecule has 2 aromatic rings. The Hall–Kier alpha value is -1.72. The summed E-state index contributed by atoms with van der Waals surface area (Å²) in [6.45, 7) is 0.563. The van der Waals surface area contributed by atoms with E-state index >= 15 is 0 Å². The van der Waals surface area contributed by atoms with Crippen molar-refractivity contribution in [2.75, 3.05) is 6.79 Å².